The maximum atomic E-state index is 5.92. The van der Waals surface area contributed by atoms with Crippen molar-refractivity contribution in [1.29, 1.82) is 0 Å². The molecule has 126 valence electrons. The first-order chi connectivity index (χ1) is 12.2. The van der Waals surface area contributed by atoms with Gasteiger partial charge in [0, 0.05) is 21.7 Å². The van der Waals surface area contributed by atoms with Crippen molar-refractivity contribution in [3.05, 3.63) is 58.5 Å². The van der Waals surface area contributed by atoms with Crippen molar-refractivity contribution in [2.24, 2.45) is 0 Å². The minimum atomic E-state index is 0.467. The maximum Gasteiger partial charge on any atom is 0.277 e. The fourth-order valence-electron chi connectivity index (χ4n) is 2.22. The normalized spacial score (nSPS) is 11.1. The summed E-state index contributed by atoms with van der Waals surface area (Å²) in [6, 6.07) is 9.48. The molecule has 0 fully saturated rings. The zero-order valence-corrected chi connectivity index (χ0v) is 15.5. The van der Waals surface area contributed by atoms with E-state index in [9.17, 15) is 0 Å². The minimum Gasteiger partial charge on any atom is -0.469 e. The molecular formula is C17H12ClN3O2S2. The van der Waals surface area contributed by atoms with Gasteiger partial charge in [0.05, 0.1) is 17.5 Å². The van der Waals surface area contributed by atoms with Crippen molar-refractivity contribution in [2.75, 3.05) is 0 Å². The van der Waals surface area contributed by atoms with Gasteiger partial charge in [0.2, 0.25) is 0 Å². The second-order valence-corrected chi connectivity index (χ2v) is 7.42. The van der Waals surface area contributed by atoms with Crippen LogP contribution in [0.5, 0.6) is 0 Å². The molecule has 0 bridgehead atoms. The molecule has 0 aliphatic rings. The van der Waals surface area contributed by atoms with Gasteiger partial charge < -0.3 is 8.83 Å². The number of hydrogen-bond donors (Lipinski definition) is 0. The molecule has 3 heterocycles. The molecule has 0 spiro atoms. The Kier molecular flexibility index (Phi) is 4.61. The smallest absolute Gasteiger partial charge is 0.277 e. The summed E-state index contributed by atoms with van der Waals surface area (Å²) >= 11 is 8.98. The third-order valence-corrected chi connectivity index (χ3v) is 5.53. The molecule has 0 aliphatic heterocycles. The summed E-state index contributed by atoms with van der Waals surface area (Å²) in [5.74, 6) is 1.89. The van der Waals surface area contributed by atoms with Crippen LogP contribution in [0.15, 0.2) is 56.0 Å². The molecule has 4 rings (SSSR count). The van der Waals surface area contributed by atoms with Crippen LogP contribution in [0.4, 0.5) is 0 Å². The highest BCUT2D eigenvalue weighted by atomic mass is 35.5. The summed E-state index contributed by atoms with van der Waals surface area (Å²) in [7, 11) is 0. The van der Waals surface area contributed by atoms with Gasteiger partial charge in [0.25, 0.3) is 11.1 Å². The average molecular weight is 390 g/mol. The molecular weight excluding hydrogens is 378 g/mol. The van der Waals surface area contributed by atoms with E-state index in [0.29, 0.717) is 16.9 Å². The van der Waals surface area contributed by atoms with Gasteiger partial charge in [-0.2, -0.15) is 0 Å². The van der Waals surface area contributed by atoms with E-state index in [0.717, 1.165) is 32.6 Å². The van der Waals surface area contributed by atoms with Gasteiger partial charge in [0.1, 0.15) is 10.8 Å². The number of furan rings is 1. The Labute approximate surface area is 157 Å². The van der Waals surface area contributed by atoms with E-state index in [-0.39, 0.29) is 0 Å². The molecule has 0 unspecified atom stereocenters. The second-order valence-electron chi connectivity index (χ2n) is 5.20. The van der Waals surface area contributed by atoms with E-state index in [4.69, 9.17) is 20.4 Å². The molecule has 0 atom stereocenters. The van der Waals surface area contributed by atoms with E-state index >= 15 is 0 Å². The number of hydrogen-bond acceptors (Lipinski definition) is 7. The van der Waals surface area contributed by atoms with E-state index in [2.05, 4.69) is 15.2 Å². The van der Waals surface area contributed by atoms with Crippen molar-refractivity contribution in [3.63, 3.8) is 0 Å². The van der Waals surface area contributed by atoms with Gasteiger partial charge in [-0.15, -0.1) is 21.5 Å². The number of rotatable bonds is 5. The lowest BCUT2D eigenvalue weighted by Gasteiger charge is -1.96. The molecule has 0 saturated heterocycles. The van der Waals surface area contributed by atoms with Crippen molar-refractivity contribution >= 4 is 34.7 Å². The van der Waals surface area contributed by atoms with Crippen LogP contribution in [-0.4, -0.2) is 15.2 Å². The number of thiazole rings is 1. The molecule has 0 amide bonds. The van der Waals surface area contributed by atoms with Gasteiger partial charge in [-0.05, 0) is 25.1 Å². The predicted molar refractivity (Wildman–Crippen MR) is 98.9 cm³/mol. The Morgan fingerprint density at radius 3 is 2.76 bits per heavy atom. The topological polar surface area (TPSA) is 65.0 Å². The molecule has 5 nitrogen and oxygen atoms in total. The first kappa shape index (κ1) is 16.4. The first-order valence-corrected chi connectivity index (χ1v) is 9.64. The quantitative estimate of drug-likeness (QED) is 0.407. The van der Waals surface area contributed by atoms with Gasteiger partial charge in [-0.3, -0.25) is 0 Å². The number of thioether (sulfide) groups is 1. The second kappa shape index (κ2) is 7.03. The van der Waals surface area contributed by atoms with E-state index in [1.54, 1.807) is 17.6 Å². The summed E-state index contributed by atoms with van der Waals surface area (Å²) in [6.07, 6.45) is 1.61. The van der Waals surface area contributed by atoms with Crippen LogP contribution < -0.4 is 0 Å². The lowest BCUT2D eigenvalue weighted by atomic mass is 10.2. The summed E-state index contributed by atoms with van der Waals surface area (Å²) in [4.78, 5) is 4.65. The molecule has 0 aliphatic carbocycles. The highest BCUT2D eigenvalue weighted by Crippen LogP contribution is 2.30. The zero-order chi connectivity index (χ0) is 17.2. The highest BCUT2D eigenvalue weighted by molar-refractivity contribution is 7.98. The molecule has 0 radical (unpaired) electrons. The fourth-order valence-corrected chi connectivity index (χ4v) is 3.93. The summed E-state index contributed by atoms with van der Waals surface area (Å²) in [6.45, 7) is 1.86. The summed E-state index contributed by atoms with van der Waals surface area (Å²) in [5.41, 5.74) is 2.85. The molecule has 25 heavy (non-hydrogen) atoms. The molecule has 1 aromatic carbocycles. The van der Waals surface area contributed by atoms with Crippen LogP contribution in [0.1, 0.15) is 11.5 Å². The monoisotopic (exact) mass is 389 g/mol. The Balaban J connectivity index is 1.43. The number of nitrogens with zero attached hydrogens (tertiary/aromatic N) is 3. The van der Waals surface area contributed by atoms with Crippen molar-refractivity contribution in [3.8, 4) is 22.0 Å². The van der Waals surface area contributed by atoms with Crippen LogP contribution in [0, 0.1) is 6.92 Å². The summed E-state index contributed by atoms with van der Waals surface area (Å²) in [5, 5.41) is 12.4. The van der Waals surface area contributed by atoms with E-state index in [1.807, 2.05) is 42.6 Å². The van der Waals surface area contributed by atoms with Gasteiger partial charge in [-0.1, -0.05) is 35.5 Å². The van der Waals surface area contributed by atoms with E-state index in [1.165, 1.54) is 11.8 Å². The highest BCUT2D eigenvalue weighted by Gasteiger charge is 2.14. The summed E-state index contributed by atoms with van der Waals surface area (Å²) < 4.78 is 10.9. The average Bonchev–Trinajstić information content (AvgIpc) is 3.33. The number of benzene rings is 1. The van der Waals surface area contributed by atoms with Crippen LogP contribution in [0.3, 0.4) is 0 Å². The molecule has 8 heteroatoms. The van der Waals surface area contributed by atoms with Gasteiger partial charge in [0.15, 0.2) is 0 Å². The number of aromatic nitrogens is 3. The SMILES string of the molecule is Cc1occc1-c1nnc(SCc2csc(-c3ccc(Cl)cc3)n2)o1. The van der Waals surface area contributed by atoms with Crippen molar-refractivity contribution < 1.29 is 8.83 Å². The molecule has 0 N–H and O–H groups in total. The number of halogens is 1. The fraction of sp³-hybridized carbons (Fsp3) is 0.118. The Morgan fingerprint density at radius 1 is 1.16 bits per heavy atom. The largest absolute Gasteiger partial charge is 0.469 e. The van der Waals surface area contributed by atoms with Crippen LogP contribution in [0.2, 0.25) is 5.02 Å². The van der Waals surface area contributed by atoms with E-state index < -0.39 is 0 Å². The van der Waals surface area contributed by atoms with Crippen molar-refractivity contribution in [1.82, 2.24) is 15.2 Å². The predicted octanol–water partition coefficient (Wildman–Crippen LogP) is 5.71. The van der Waals surface area contributed by atoms with Crippen LogP contribution >= 0.6 is 34.7 Å². The number of aryl methyl sites for hydroxylation is 1. The van der Waals surface area contributed by atoms with Crippen LogP contribution in [-0.2, 0) is 5.75 Å². The first-order valence-electron chi connectivity index (χ1n) is 7.40. The third-order valence-electron chi connectivity index (χ3n) is 3.48. The zero-order valence-electron chi connectivity index (χ0n) is 13.1. The lowest BCUT2D eigenvalue weighted by Crippen LogP contribution is -1.82. The van der Waals surface area contributed by atoms with Crippen molar-refractivity contribution in [2.45, 2.75) is 17.9 Å². The maximum absolute atomic E-state index is 5.92. The Bertz CT molecular complexity index is 991. The standard InChI is InChI=1S/C17H12ClN3O2S2/c1-10-14(6-7-22-10)15-20-21-17(23-15)25-9-13-8-24-16(19-13)11-2-4-12(18)5-3-11/h2-8H,9H2,1H3. The van der Waals surface area contributed by atoms with Gasteiger partial charge in [-0.25, -0.2) is 4.98 Å². The lowest BCUT2D eigenvalue weighted by molar-refractivity contribution is 0.463. The Hall–Kier alpha value is -2.09. The third kappa shape index (κ3) is 3.63. The minimum absolute atomic E-state index is 0.467. The molecule has 0 saturated carbocycles. The van der Waals surface area contributed by atoms with Gasteiger partial charge >= 0.3 is 0 Å². The van der Waals surface area contributed by atoms with Crippen LogP contribution in [0.25, 0.3) is 22.0 Å². The Morgan fingerprint density at radius 2 is 2.00 bits per heavy atom. The molecule has 4 aromatic rings. The molecule has 3 aromatic heterocycles.